The molecule has 0 saturated carbocycles. The van der Waals surface area contributed by atoms with Crippen molar-refractivity contribution in [3.8, 4) is 5.75 Å². The summed E-state index contributed by atoms with van der Waals surface area (Å²) >= 11 is 0. The fraction of sp³-hybridized carbons (Fsp3) is 0.448. The maximum atomic E-state index is 13.8. The Labute approximate surface area is 222 Å². The highest BCUT2D eigenvalue weighted by Crippen LogP contribution is 2.32. The molecule has 0 bridgehead atoms. The summed E-state index contributed by atoms with van der Waals surface area (Å²) in [5.41, 5.74) is 3.04. The van der Waals surface area contributed by atoms with Gasteiger partial charge in [0, 0.05) is 25.3 Å². The Balaban J connectivity index is 1.68. The van der Waals surface area contributed by atoms with Crippen LogP contribution in [0.1, 0.15) is 62.2 Å². The molecular formula is C29H36N6O3. The SMILES string of the molecule is COc1ccc(CN(C[C@@H]2CCCO2)[C@H](c2cc3cccc(C)c3[nH]c2=O)c2nnnn2C(C)(C)C)cc1. The molecule has 38 heavy (non-hydrogen) atoms. The van der Waals surface area contributed by atoms with Crippen LogP contribution in [0.4, 0.5) is 0 Å². The Hall–Kier alpha value is -3.56. The van der Waals surface area contributed by atoms with E-state index in [2.05, 4.69) is 58.3 Å². The molecule has 5 rings (SSSR count). The number of aromatic amines is 1. The molecule has 2 aromatic heterocycles. The molecule has 1 aliphatic heterocycles. The smallest absolute Gasteiger partial charge is 0.253 e. The summed E-state index contributed by atoms with van der Waals surface area (Å²) in [4.78, 5) is 19.2. The molecule has 200 valence electrons. The Kier molecular flexibility index (Phi) is 7.32. The van der Waals surface area contributed by atoms with Gasteiger partial charge in [0.25, 0.3) is 5.56 Å². The van der Waals surface area contributed by atoms with Gasteiger partial charge in [-0.05, 0) is 85.7 Å². The number of ether oxygens (including phenoxy) is 2. The number of benzene rings is 2. The molecule has 0 aliphatic carbocycles. The van der Waals surface area contributed by atoms with Crippen LogP contribution in [0.25, 0.3) is 10.9 Å². The molecule has 2 atom stereocenters. The largest absolute Gasteiger partial charge is 0.497 e. The predicted molar refractivity (Wildman–Crippen MR) is 146 cm³/mol. The van der Waals surface area contributed by atoms with E-state index in [0.717, 1.165) is 47.2 Å². The summed E-state index contributed by atoms with van der Waals surface area (Å²) in [6, 6.07) is 15.6. The molecule has 1 saturated heterocycles. The first-order valence-electron chi connectivity index (χ1n) is 13.1. The van der Waals surface area contributed by atoms with Crippen LogP contribution < -0.4 is 10.3 Å². The van der Waals surface area contributed by atoms with Crippen molar-refractivity contribution >= 4 is 10.9 Å². The van der Waals surface area contributed by atoms with Crippen molar-refractivity contribution in [3.63, 3.8) is 0 Å². The fourth-order valence-electron chi connectivity index (χ4n) is 5.22. The minimum Gasteiger partial charge on any atom is -0.497 e. The number of pyridine rings is 1. The Morgan fingerprint density at radius 3 is 2.68 bits per heavy atom. The third kappa shape index (κ3) is 5.35. The van der Waals surface area contributed by atoms with Crippen molar-refractivity contribution in [1.82, 2.24) is 30.1 Å². The maximum absolute atomic E-state index is 13.8. The van der Waals surface area contributed by atoms with Crippen LogP contribution in [0.5, 0.6) is 5.75 Å². The summed E-state index contributed by atoms with van der Waals surface area (Å²) in [6.45, 7) is 10.2. The number of hydrogen-bond acceptors (Lipinski definition) is 7. The zero-order chi connectivity index (χ0) is 26.9. The van der Waals surface area contributed by atoms with Gasteiger partial charge in [0.1, 0.15) is 11.8 Å². The van der Waals surface area contributed by atoms with Crippen molar-refractivity contribution in [3.05, 3.63) is 81.4 Å². The van der Waals surface area contributed by atoms with E-state index in [1.54, 1.807) is 7.11 Å². The molecule has 0 unspecified atom stereocenters. The van der Waals surface area contributed by atoms with Gasteiger partial charge >= 0.3 is 0 Å². The standard InChI is InChI=1S/C29H36N6O3/c1-19-8-6-9-21-16-24(28(36)30-25(19)21)26(27-31-32-33-35(27)29(2,3)4)34(18-23-10-7-15-38-23)17-20-11-13-22(37-5)14-12-20/h6,8-9,11-14,16,23,26H,7,10,15,17-18H2,1-5H3,(H,30,36)/t23-,26+/m0/s1. The van der Waals surface area contributed by atoms with E-state index in [4.69, 9.17) is 9.47 Å². The lowest BCUT2D eigenvalue weighted by molar-refractivity contribution is 0.0564. The number of nitrogens with zero attached hydrogens (tertiary/aromatic N) is 5. The van der Waals surface area contributed by atoms with Crippen LogP contribution in [-0.4, -0.2) is 56.5 Å². The number of fused-ring (bicyclic) bond motifs is 1. The highest BCUT2D eigenvalue weighted by atomic mass is 16.5. The molecule has 1 aliphatic rings. The van der Waals surface area contributed by atoms with Gasteiger partial charge < -0.3 is 14.5 Å². The van der Waals surface area contributed by atoms with Crippen molar-refractivity contribution in [2.75, 3.05) is 20.3 Å². The number of hydrogen-bond donors (Lipinski definition) is 1. The van der Waals surface area contributed by atoms with Gasteiger partial charge in [0.05, 0.1) is 24.3 Å². The van der Waals surface area contributed by atoms with Gasteiger partial charge in [-0.2, -0.15) is 0 Å². The second-order valence-electron chi connectivity index (χ2n) is 11.0. The number of H-pyrrole nitrogens is 1. The quantitative estimate of drug-likeness (QED) is 0.372. The first-order chi connectivity index (χ1) is 18.2. The second kappa shape index (κ2) is 10.7. The minimum absolute atomic E-state index is 0.0662. The topological polar surface area (TPSA) is 98.2 Å². The van der Waals surface area contributed by atoms with Crippen LogP contribution in [-0.2, 0) is 16.8 Å². The number of methoxy groups -OCH3 is 1. The normalized spacial score (nSPS) is 16.8. The molecule has 1 N–H and O–H groups in total. The van der Waals surface area contributed by atoms with E-state index >= 15 is 0 Å². The summed E-state index contributed by atoms with van der Waals surface area (Å²) < 4.78 is 13.3. The average molecular weight is 517 g/mol. The molecule has 0 amide bonds. The summed E-state index contributed by atoms with van der Waals surface area (Å²) in [6.07, 6.45) is 2.07. The van der Waals surface area contributed by atoms with Gasteiger partial charge in [-0.25, -0.2) is 4.68 Å². The van der Waals surface area contributed by atoms with Gasteiger partial charge in [0.2, 0.25) is 0 Å². The van der Waals surface area contributed by atoms with Crippen LogP contribution >= 0.6 is 0 Å². The summed E-state index contributed by atoms with van der Waals surface area (Å²) in [5, 5.41) is 13.9. The third-order valence-electron chi connectivity index (χ3n) is 7.16. The summed E-state index contributed by atoms with van der Waals surface area (Å²) in [5.74, 6) is 1.43. The Morgan fingerprint density at radius 2 is 2.00 bits per heavy atom. The Bertz CT molecular complexity index is 1450. The van der Waals surface area contributed by atoms with Crippen molar-refractivity contribution in [1.29, 1.82) is 0 Å². The predicted octanol–water partition coefficient (Wildman–Crippen LogP) is 4.36. The average Bonchev–Trinajstić information content (AvgIpc) is 3.58. The minimum atomic E-state index is -0.496. The van der Waals surface area contributed by atoms with Gasteiger partial charge in [0.15, 0.2) is 5.82 Å². The first-order valence-corrected chi connectivity index (χ1v) is 13.1. The highest BCUT2D eigenvalue weighted by Gasteiger charge is 2.35. The monoisotopic (exact) mass is 516 g/mol. The highest BCUT2D eigenvalue weighted by molar-refractivity contribution is 5.82. The number of nitrogens with one attached hydrogen (secondary N) is 1. The second-order valence-corrected chi connectivity index (χ2v) is 11.0. The molecule has 9 nitrogen and oxygen atoms in total. The lowest BCUT2D eigenvalue weighted by Gasteiger charge is -2.34. The van der Waals surface area contributed by atoms with E-state index < -0.39 is 6.04 Å². The first kappa shape index (κ1) is 26.1. The lowest BCUT2D eigenvalue weighted by atomic mass is 9.99. The number of aromatic nitrogens is 5. The third-order valence-corrected chi connectivity index (χ3v) is 7.16. The number of rotatable bonds is 8. The van der Waals surface area contributed by atoms with Gasteiger partial charge in [-0.1, -0.05) is 30.3 Å². The van der Waals surface area contributed by atoms with E-state index in [1.165, 1.54) is 0 Å². The van der Waals surface area contributed by atoms with E-state index in [1.807, 2.05) is 48.0 Å². The van der Waals surface area contributed by atoms with E-state index in [0.29, 0.717) is 24.5 Å². The maximum Gasteiger partial charge on any atom is 0.253 e. The van der Waals surface area contributed by atoms with Crippen LogP contribution in [0.3, 0.4) is 0 Å². The van der Waals surface area contributed by atoms with E-state index in [9.17, 15) is 4.79 Å². The lowest BCUT2D eigenvalue weighted by Crippen LogP contribution is -2.40. The summed E-state index contributed by atoms with van der Waals surface area (Å²) in [7, 11) is 1.66. The molecule has 0 radical (unpaired) electrons. The zero-order valence-corrected chi connectivity index (χ0v) is 22.8. The Morgan fingerprint density at radius 1 is 1.21 bits per heavy atom. The number of aryl methyl sites for hydroxylation is 1. The van der Waals surface area contributed by atoms with Crippen molar-refractivity contribution in [2.45, 2.75) is 64.8 Å². The fourth-order valence-corrected chi connectivity index (χ4v) is 5.22. The molecule has 4 aromatic rings. The molecule has 9 heteroatoms. The molecule has 0 spiro atoms. The zero-order valence-electron chi connectivity index (χ0n) is 22.8. The van der Waals surface area contributed by atoms with Gasteiger partial charge in [-0.15, -0.1) is 5.10 Å². The molecule has 1 fully saturated rings. The number of tetrazole rings is 1. The van der Waals surface area contributed by atoms with E-state index in [-0.39, 0.29) is 17.2 Å². The van der Waals surface area contributed by atoms with Crippen LogP contribution in [0, 0.1) is 6.92 Å². The van der Waals surface area contributed by atoms with Gasteiger partial charge in [-0.3, -0.25) is 9.69 Å². The molecule has 2 aromatic carbocycles. The van der Waals surface area contributed by atoms with Crippen LogP contribution in [0.2, 0.25) is 0 Å². The van der Waals surface area contributed by atoms with Crippen LogP contribution in [0.15, 0.2) is 53.3 Å². The van der Waals surface area contributed by atoms with Crippen molar-refractivity contribution < 1.29 is 9.47 Å². The molecule has 3 heterocycles. The van der Waals surface area contributed by atoms with Crippen molar-refractivity contribution in [2.24, 2.45) is 0 Å². The number of para-hydroxylation sites is 1. The molecular weight excluding hydrogens is 480 g/mol.